The standard InChI is InChI=1S/C17H17N5OS/c23-17(19-16-18-13-3-1-2-4-15(13)24-16)21-7-8-22-12(10-21)9-14(20-22)11-5-6-11/h1-4,9,11H,5-8,10H2,(H,18,19,23). The molecule has 3 aromatic rings. The molecule has 0 bridgehead atoms. The normalized spacial score (nSPS) is 17.1. The van der Waals surface area contributed by atoms with Crippen molar-refractivity contribution >= 4 is 32.7 Å². The number of nitrogens with one attached hydrogen (secondary N) is 1. The summed E-state index contributed by atoms with van der Waals surface area (Å²) in [5, 5.41) is 8.26. The molecule has 2 aromatic heterocycles. The minimum absolute atomic E-state index is 0.0884. The smallest absolute Gasteiger partial charge is 0.317 e. The van der Waals surface area contributed by atoms with Crippen molar-refractivity contribution in [2.75, 3.05) is 11.9 Å². The molecule has 0 radical (unpaired) electrons. The van der Waals surface area contributed by atoms with Crippen molar-refractivity contribution in [1.29, 1.82) is 0 Å². The van der Waals surface area contributed by atoms with Crippen molar-refractivity contribution in [3.05, 3.63) is 41.7 Å². The van der Waals surface area contributed by atoms with E-state index >= 15 is 0 Å². The third-order valence-corrected chi connectivity index (χ3v) is 5.56. The quantitative estimate of drug-likeness (QED) is 0.778. The second-order valence-electron chi connectivity index (χ2n) is 6.40. The van der Waals surface area contributed by atoms with E-state index in [0.717, 1.165) is 22.5 Å². The highest BCUT2D eigenvalue weighted by Crippen LogP contribution is 2.39. The highest BCUT2D eigenvalue weighted by molar-refractivity contribution is 7.22. The van der Waals surface area contributed by atoms with Crippen molar-refractivity contribution in [2.24, 2.45) is 0 Å². The lowest BCUT2D eigenvalue weighted by molar-refractivity contribution is 0.194. The van der Waals surface area contributed by atoms with Crippen LogP contribution in [0.2, 0.25) is 0 Å². The fourth-order valence-corrected chi connectivity index (χ4v) is 3.99. The topological polar surface area (TPSA) is 63.1 Å². The Kier molecular flexibility index (Phi) is 3.09. The minimum Gasteiger partial charge on any atom is -0.317 e. The number of para-hydroxylation sites is 1. The number of nitrogens with zero attached hydrogens (tertiary/aromatic N) is 4. The number of thiazole rings is 1. The van der Waals surface area contributed by atoms with E-state index in [0.29, 0.717) is 24.1 Å². The molecule has 122 valence electrons. The van der Waals surface area contributed by atoms with E-state index in [-0.39, 0.29) is 6.03 Å². The van der Waals surface area contributed by atoms with Gasteiger partial charge in [-0.15, -0.1) is 0 Å². The second kappa shape index (κ2) is 5.31. The van der Waals surface area contributed by atoms with Gasteiger partial charge in [-0.1, -0.05) is 23.5 Å². The Hall–Kier alpha value is -2.41. The molecular weight excluding hydrogens is 322 g/mol. The van der Waals surface area contributed by atoms with Crippen LogP contribution in [0.3, 0.4) is 0 Å². The van der Waals surface area contributed by atoms with Crippen LogP contribution in [0.15, 0.2) is 30.3 Å². The Bertz CT molecular complexity index is 893. The molecule has 1 N–H and O–H groups in total. The van der Waals surface area contributed by atoms with Gasteiger partial charge in [-0.3, -0.25) is 10.00 Å². The number of urea groups is 1. The van der Waals surface area contributed by atoms with E-state index in [1.54, 1.807) is 0 Å². The first-order valence-corrected chi connectivity index (χ1v) is 9.06. The molecule has 0 saturated heterocycles. The highest BCUT2D eigenvalue weighted by Gasteiger charge is 2.29. The highest BCUT2D eigenvalue weighted by atomic mass is 32.1. The molecular formula is C17H17N5OS. The van der Waals surface area contributed by atoms with Crippen molar-refractivity contribution in [3.8, 4) is 0 Å². The van der Waals surface area contributed by atoms with Gasteiger partial charge in [-0.05, 0) is 31.0 Å². The van der Waals surface area contributed by atoms with Crippen LogP contribution >= 0.6 is 11.3 Å². The number of rotatable bonds is 2. The summed E-state index contributed by atoms with van der Waals surface area (Å²) >= 11 is 1.50. The maximum Gasteiger partial charge on any atom is 0.324 e. The lowest BCUT2D eigenvalue weighted by Crippen LogP contribution is -2.40. The molecule has 1 aliphatic carbocycles. The Morgan fingerprint density at radius 3 is 2.96 bits per heavy atom. The first-order chi connectivity index (χ1) is 11.8. The molecule has 0 unspecified atom stereocenters. The molecule has 6 nitrogen and oxygen atoms in total. The Morgan fingerprint density at radius 2 is 2.12 bits per heavy atom. The van der Waals surface area contributed by atoms with Crippen molar-refractivity contribution in [3.63, 3.8) is 0 Å². The number of carbonyl (C=O) groups is 1. The average molecular weight is 339 g/mol. The van der Waals surface area contributed by atoms with Gasteiger partial charge >= 0.3 is 6.03 Å². The molecule has 1 aromatic carbocycles. The monoisotopic (exact) mass is 339 g/mol. The van der Waals surface area contributed by atoms with E-state index in [2.05, 4.69) is 26.1 Å². The molecule has 1 aliphatic heterocycles. The minimum atomic E-state index is -0.0884. The van der Waals surface area contributed by atoms with Gasteiger partial charge in [0.25, 0.3) is 0 Å². The maximum absolute atomic E-state index is 12.6. The van der Waals surface area contributed by atoms with Gasteiger partial charge in [0.05, 0.1) is 34.7 Å². The predicted molar refractivity (Wildman–Crippen MR) is 93.3 cm³/mol. The number of anilines is 1. The van der Waals surface area contributed by atoms with Crippen LogP contribution in [0, 0.1) is 0 Å². The molecule has 24 heavy (non-hydrogen) atoms. The zero-order valence-corrected chi connectivity index (χ0v) is 13.9. The zero-order chi connectivity index (χ0) is 16.1. The largest absolute Gasteiger partial charge is 0.324 e. The van der Waals surface area contributed by atoms with E-state index in [1.165, 1.54) is 29.9 Å². The number of amides is 2. The van der Waals surface area contributed by atoms with Crippen LogP contribution in [0.5, 0.6) is 0 Å². The van der Waals surface area contributed by atoms with Gasteiger partial charge in [0, 0.05) is 12.5 Å². The summed E-state index contributed by atoms with van der Waals surface area (Å²) in [6, 6.07) is 9.98. The van der Waals surface area contributed by atoms with Crippen LogP contribution in [-0.4, -0.2) is 32.2 Å². The molecule has 0 atom stereocenters. The third kappa shape index (κ3) is 2.45. The van der Waals surface area contributed by atoms with Gasteiger partial charge in [0.2, 0.25) is 0 Å². The van der Waals surface area contributed by atoms with Gasteiger partial charge in [0.15, 0.2) is 5.13 Å². The van der Waals surface area contributed by atoms with E-state index in [1.807, 2.05) is 29.2 Å². The van der Waals surface area contributed by atoms with Gasteiger partial charge in [0.1, 0.15) is 0 Å². The summed E-state index contributed by atoms with van der Waals surface area (Å²) in [5.74, 6) is 0.646. The maximum atomic E-state index is 12.6. The van der Waals surface area contributed by atoms with Crippen LogP contribution < -0.4 is 5.32 Å². The molecule has 2 aliphatic rings. The van der Waals surface area contributed by atoms with Gasteiger partial charge < -0.3 is 4.90 Å². The van der Waals surface area contributed by atoms with Crippen LogP contribution in [0.25, 0.3) is 10.2 Å². The molecule has 3 heterocycles. The van der Waals surface area contributed by atoms with E-state index < -0.39 is 0 Å². The van der Waals surface area contributed by atoms with Crippen molar-refractivity contribution in [1.82, 2.24) is 19.7 Å². The Morgan fingerprint density at radius 1 is 1.25 bits per heavy atom. The SMILES string of the molecule is O=C(Nc1nc2ccccc2s1)N1CCn2nc(C3CC3)cc2C1. The fourth-order valence-electron chi connectivity index (χ4n) is 3.14. The van der Waals surface area contributed by atoms with Crippen molar-refractivity contribution < 1.29 is 4.79 Å². The average Bonchev–Trinajstić information content (AvgIpc) is 3.22. The number of hydrogen-bond acceptors (Lipinski definition) is 4. The molecule has 1 fully saturated rings. The lowest BCUT2D eigenvalue weighted by atomic mass is 10.2. The Balaban J connectivity index is 1.31. The van der Waals surface area contributed by atoms with Crippen LogP contribution in [0.1, 0.15) is 30.1 Å². The number of aromatic nitrogens is 3. The second-order valence-corrected chi connectivity index (χ2v) is 7.43. The third-order valence-electron chi connectivity index (χ3n) is 4.61. The summed E-state index contributed by atoms with van der Waals surface area (Å²) in [7, 11) is 0. The van der Waals surface area contributed by atoms with E-state index in [4.69, 9.17) is 0 Å². The summed E-state index contributed by atoms with van der Waals surface area (Å²) in [5.41, 5.74) is 3.24. The van der Waals surface area contributed by atoms with Crippen molar-refractivity contribution in [2.45, 2.75) is 31.8 Å². The molecule has 7 heteroatoms. The first kappa shape index (κ1) is 14.0. The molecule has 1 saturated carbocycles. The fraction of sp³-hybridized carbons (Fsp3) is 0.353. The number of benzene rings is 1. The van der Waals surface area contributed by atoms with E-state index in [9.17, 15) is 4.79 Å². The summed E-state index contributed by atoms with van der Waals surface area (Å²) in [6.07, 6.45) is 2.50. The number of fused-ring (bicyclic) bond motifs is 2. The van der Waals surface area contributed by atoms with Crippen LogP contribution in [-0.2, 0) is 13.1 Å². The summed E-state index contributed by atoms with van der Waals surface area (Å²) in [4.78, 5) is 18.9. The zero-order valence-electron chi connectivity index (χ0n) is 13.1. The number of hydrogen-bond donors (Lipinski definition) is 1. The predicted octanol–water partition coefficient (Wildman–Crippen LogP) is 3.42. The first-order valence-electron chi connectivity index (χ1n) is 8.24. The van der Waals surface area contributed by atoms with Gasteiger partial charge in [-0.2, -0.15) is 5.10 Å². The number of carbonyl (C=O) groups excluding carboxylic acids is 1. The summed E-state index contributed by atoms with van der Waals surface area (Å²) < 4.78 is 3.13. The molecule has 2 amide bonds. The lowest BCUT2D eigenvalue weighted by Gasteiger charge is -2.27. The van der Waals surface area contributed by atoms with Crippen LogP contribution in [0.4, 0.5) is 9.93 Å². The summed E-state index contributed by atoms with van der Waals surface area (Å²) in [6.45, 7) is 2.04. The Labute approximate surface area is 143 Å². The molecule has 5 rings (SSSR count). The molecule has 0 spiro atoms. The van der Waals surface area contributed by atoms with Gasteiger partial charge in [-0.25, -0.2) is 9.78 Å².